The zero-order chi connectivity index (χ0) is 49.3. The number of hydrogen-bond donors (Lipinski definition) is 4. The van der Waals surface area contributed by atoms with Gasteiger partial charge in [-0.05, 0) is 64.5 Å². The van der Waals surface area contributed by atoms with Crippen LogP contribution in [0.1, 0.15) is 92.0 Å². The van der Waals surface area contributed by atoms with Crippen LogP contribution in [-0.2, 0) is 0 Å². The number of aryl methyl sites for hydroxylation is 2. The molecule has 4 aliphatic rings. The maximum Gasteiger partial charge on any atom is 0.350 e. The first-order valence-corrected chi connectivity index (χ1v) is 22.8. The lowest BCUT2D eigenvalue weighted by molar-refractivity contribution is 0.319. The number of nitriles is 1. The minimum absolute atomic E-state index is 0.0165. The summed E-state index contributed by atoms with van der Waals surface area (Å²) in [5, 5.41) is 11.3. The number of fused-ring (bicyclic) bond motifs is 2. The van der Waals surface area contributed by atoms with E-state index in [4.69, 9.17) is 38.1 Å². The van der Waals surface area contributed by atoms with Crippen molar-refractivity contribution >= 4 is 33.2 Å². The Kier molecular flexibility index (Phi) is 13.9. The van der Waals surface area contributed by atoms with Gasteiger partial charge in [-0.15, -0.1) is 6.58 Å². The van der Waals surface area contributed by atoms with Crippen molar-refractivity contribution in [2.75, 3.05) is 60.8 Å². The van der Waals surface area contributed by atoms with Gasteiger partial charge in [0.2, 0.25) is 18.3 Å². The number of oxazole rings is 2. The van der Waals surface area contributed by atoms with E-state index in [9.17, 15) is 19.2 Å². The summed E-state index contributed by atoms with van der Waals surface area (Å²) in [7, 11) is 0. The van der Waals surface area contributed by atoms with E-state index in [1.807, 2.05) is 15.9 Å². The van der Waals surface area contributed by atoms with Crippen LogP contribution in [0.15, 0.2) is 77.7 Å². The van der Waals surface area contributed by atoms with Crippen molar-refractivity contribution in [1.82, 2.24) is 33.8 Å². The van der Waals surface area contributed by atoms with Crippen LogP contribution in [0, 0.1) is 55.2 Å². The molecule has 69 heavy (non-hydrogen) atoms. The fraction of sp³-hybridized carbons (Fsp3) is 0.447. The molecule has 22 heteroatoms. The summed E-state index contributed by atoms with van der Waals surface area (Å²) in [6.07, 6.45) is 13.0. The van der Waals surface area contributed by atoms with Crippen LogP contribution in [0.2, 0.25) is 0 Å². The van der Waals surface area contributed by atoms with Crippen molar-refractivity contribution in [2.24, 2.45) is 17.6 Å². The second-order valence-corrected chi connectivity index (χ2v) is 17.8. The lowest BCUT2D eigenvalue weighted by atomic mass is 9.98. The van der Waals surface area contributed by atoms with Crippen LogP contribution in [0.3, 0.4) is 0 Å². The van der Waals surface area contributed by atoms with Gasteiger partial charge in [-0.2, -0.15) is 14.6 Å². The van der Waals surface area contributed by atoms with E-state index in [1.165, 1.54) is 24.7 Å². The minimum atomic E-state index is -0.697. The summed E-state index contributed by atoms with van der Waals surface area (Å²) in [6, 6.07) is 3.66. The number of benzene rings is 2. The summed E-state index contributed by atoms with van der Waals surface area (Å²) < 4.78 is 45.8. The maximum absolute atomic E-state index is 15.4. The van der Waals surface area contributed by atoms with Gasteiger partial charge in [0.25, 0.3) is 11.1 Å². The predicted octanol–water partition coefficient (Wildman–Crippen LogP) is 3.98. The van der Waals surface area contributed by atoms with Gasteiger partial charge in [-0.3, -0.25) is 24.0 Å². The van der Waals surface area contributed by atoms with Crippen LogP contribution < -0.4 is 55.0 Å². The molecule has 6 aromatic rings. The number of aromatic nitrogens is 6. The van der Waals surface area contributed by atoms with Gasteiger partial charge < -0.3 is 40.9 Å². The lowest BCUT2D eigenvalue weighted by Gasteiger charge is -2.26. The number of rotatable bonds is 12. The average molecular weight is 949 g/mol. The molecule has 0 amide bonds. The summed E-state index contributed by atoms with van der Waals surface area (Å²) in [5.41, 5.74) is 6.61. The second kappa shape index (κ2) is 20.0. The van der Waals surface area contributed by atoms with E-state index >= 15 is 8.78 Å². The highest BCUT2D eigenvalue weighted by Crippen LogP contribution is 2.42. The predicted molar refractivity (Wildman–Crippen MR) is 254 cm³/mol. The Morgan fingerprint density at radius 3 is 1.74 bits per heavy atom. The second-order valence-electron chi connectivity index (χ2n) is 17.8. The molecule has 4 unspecified atom stereocenters. The molecule has 362 valence electrons. The Labute approximate surface area is 393 Å². The summed E-state index contributed by atoms with van der Waals surface area (Å²) in [5.74, 6) is 11.5. The maximum atomic E-state index is 15.4. The number of hydrogen-bond acceptors (Lipinski definition) is 15. The molecular weight excluding hydrogens is 895 g/mol. The van der Waals surface area contributed by atoms with Crippen molar-refractivity contribution in [3.8, 4) is 6.07 Å². The number of nitrogen functional groups attached to an aromatic ring is 2. The molecule has 2 aromatic carbocycles. The van der Waals surface area contributed by atoms with Gasteiger partial charge in [-0.25, -0.2) is 34.9 Å². The summed E-state index contributed by atoms with van der Waals surface area (Å²) in [6.45, 7) is 16.9. The Morgan fingerprint density at radius 2 is 1.32 bits per heavy atom. The molecule has 2 aliphatic heterocycles. The molecule has 2 saturated heterocycles. The highest BCUT2D eigenvalue weighted by Gasteiger charge is 2.38. The Hall–Kier alpha value is -7.56. The van der Waals surface area contributed by atoms with Gasteiger partial charge in [0, 0.05) is 61.2 Å². The standard InChI is InChI=1S/C23H26FN7O3.C20H23FN6O3.C4H5N/c1-13-19-16(22(32)31(25)23(33)30(19)15-3-4-15)11-17(24)20(13)29-9-5-14(12-29)18(27-7-6-26-2)21-28-8-10-34-21;1-10-16-13(19(28)27(23)20(29)26(16)12-2-3-12)8-14(21)17(10)25-6-4-11(9-25)15(22)18-24-5-7-30-18;1-2-3-4-5/h8,10-11,14-15,18,27H,3-7,9,12,25H2,1H3;5,7-8,11-12,15H,2-4,6,9,22-23H2,1H3;2H,1,3H2. The Balaban J connectivity index is 0.000000171. The highest BCUT2D eigenvalue weighted by atomic mass is 19.1. The van der Waals surface area contributed by atoms with E-state index < -0.39 is 34.1 Å². The van der Waals surface area contributed by atoms with Gasteiger partial charge in [0.05, 0.1) is 76.7 Å². The van der Waals surface area contributed by atoms with Crippen LogP contribution in [0.25, 0.3) is 26.7 Å². The normalized spacial score (nSPS) is 18.5. The van der Waals surface area contributed by atoms with Gasteiger partial charge >= 0.3 is 11.4 Å². The molecule has 0 radical (unpaired) electrons. The van der Waals surface area contributed by atoms with Gasteiger partial charge in [0.1, 0.15) is 24.2 Å². The minimum Gasteiger partial charge on any atom is -0.447 e. The molecule has 20 nitrogen and oxygen atoms in total. The smallest absolute Gasteiger partial charge is 0.350 e. The molecule has 6 heterocycles. The first-order valence-electron chi connectivity index (χ1n) is 22.8. The van der Waals surface area contributed by atoms with Crippen LogP contribution >= 0.6 is 0 Å². The Morgan fingerprint density at radius 1 is 0.841 bits per heavy atom. The third-order valence-corrected chi connectivity index (χ3v) is 13.3. The molecular formula is C47H54F2N14O6. The molecule has 4 atom stereocenters. The van der Waals surface area contributed by atoms with Crippen molar-refractivity contribution in [2.45, 2.75) is 83.0 Å². The van der Waals surface area contributed by atoms with E-state index in [0.29, 0.717) is 100 Å². The molecule has 10 rings (SSSR count). The molecule has 0 spiro atoms. The Bertz CT molecular complexity index is 3210. The monoisotopic (exact) mass is 948 g/mol. The van der Waals surface area contributed by atoms with E-state index in [1.54, 1.807) is 41.5 Å². The number of anilines is 2. The molecule has 7 N–H and O–H groups in total. The highest BCUT2D eigenvalue weighted by molar-refractivity contribution is 5.88. The third-order valence-electron chi connectivity index (χ3n) is 13.3. The number of nitrogens with zero attached hydrogens (tertiary/aromatic N) is 10. The molecule has 2 saturated carbocycles. The zero-order valence-electron chi connectivity index (χ0n) is 38.3. The third kappa shape index (κ3) is 9.24. The van der Waals surface area contributed by atoms with Crippen LogP contribution in [0.5, 0.6) is 0 Å². The van der Waals surface area contributed by atoms with Gasteiger partial charge in [0.15, 0.2) is 0 Å². The first-order chi connectivity index (χ1) is 33.2. The van der Waals surface area contributed by atoms with Crippen molar-refractivity contribution in [3.63, 3.8) is 0 Å². The number of halogens is 2. The quantitative estimate of drug-likeness (QED) is 0.0585. The number of nitrogens with one attached hydrogen (secondary N) is 1. The molecule has 4 fully saturated rings. The topological polar surface area (TPSA) is 265 Å². The van der Waals surface area contributed by atoms with Crippen molar-refractivity contribution in [3.05, 3.63) is 137 Å². The van der Waals surface area contributed by atoms with Crippen molar-refractivity contribution in [1.29, 1.82) is 5.26 Å². The van der Waals surface area contributed by atoms with Crippen LogP contribution in [0.4, 0.5) is 20.2 Å². The van der Waals surface area contributed by atoms with Gasteiger partial charge in [-0.1, -0.05) is 6.08 Å². The number of nitrogens with two attached hydrogens (primary N) is 3. The molecule has 0 bridgehead atoms. The van der Waals surface area contributed by atoms with Crippen LogP contribution in [-0.4, -0.2) is 67.7 Å². The fourth-order valence-corrected chi connectivity index (χ4v) is 9.77. The van der Waals surface area contributed by atoms with E-state index in [2.05, 4.69) is 26.7 Å². The van der Waals surface area contributed by atoms with Crippen molar-refractivity contribution < 1.29 is 17.6 Å². The average Bonchev–Trinajstić information content (AvgIpc) is 3.99. The SMILES string of the molecule is C=CCC#N.Cc1c(N2CCC(C(N)c3ncco3)C2)c(F)cc2c(=O)n(N)c(=O)n(C3CC3)c12.[C-]#[N+]CCNC(c1ncco1)C1CCN(c2c(F)cc3c(=O)n(N)c(=O)n(C4CC4)c3c2C)C1. The van der Waals surface area contributed by atoms with E-state index in [-0.39, 0.29) is 46.8 Å². The summed E-state index contributed by atoms with van der Waals surface area (Å²) >= 11 is 0. The molecule has 4 aromatic heterocycles. The van der Waals surface area contributed by atoms with E-state index in [0.717, 1.165) is 38.5 Å². The molecule has 2 aliphatic carbocycles. The summed E-state index contributed by atoms with van der Waals surface area (Å²) in [4.78, 5) is 66.4. The zero-order valence-corrected chi connectivity index (χ0v) is 38.3. The first kappa shape index (κ1) is 47.9. The fourth-order valence-electron chi connectivity index (χ4n) is 9.77. The largest absolute Gasteiger partial charge is 0.447 e. The lowest BCUT2D eigenvalue weighted by Crippen LogP contribution is -2.44. The number of allylic oxidation sites excluding steroid dienone is 1.